The van der Waals surface area contributed by atoms with Crippen molar-refractivity contribution in [2.75, 3.05) is 6.16 Å². The van der Waals surface area contributed by atoms with Gasteiger partial charge in [0.2, 0.25) is 0 Å². The lowest BCUT2D eigenvalue weighted by Crippen LogP contribution is -2.16. The van der Waals surface area contributed by atoms with Gasteiger partial charge in [0, 0.05) is 0 Å². The van der Waals surface area contributed by atoms with Crippen LogP contribution in [0.1, 0.15) is 71.1 Å². The van der Waals surface area contributed by atoms with Crippen molar-refractivity contribution in [2.45, 2.75) is 71.1 Å². The Morgan fingerprint density at radius 3 is 1.50 bits per heavy atom. The second-order valence-electron chi connectivity index (χ2n) is 4.52. The van der Waals surface area contributed by atoms with Crippen molar-refractivity contribution in [3.8, 4) is 0 Å². The minimum Gasteiger partial charge on any atom is -0.811 e. The van der Waals surface area contributed by atoms with Crippen molar-refractivity contribution < 1.29 is 14.4 Å². The number of rotatable bonds is 11. The van der Waals surface area contributed by atoms with Crippen molar-refractivity contribution in [2.24, 2.45) is 0 Å². The molecule has 16 heavy (non-hydrogen) atoms. The van der Waals surface area contributed by atoms with E-state index < -0.39 is 7.60 Å². The molecule has 0 saturated heterocycles. The quantitative estimate of drug-likeness (QED) is 0.417. The summed E-state index contributed by atoms with van der Waals surface area (Å²) in [6.07, 6.45) is 11.3. The second-order valence-corrected chi connectivity index (χ2v) is 6.19. The minimum absolute atomic E-state index is 0.163. The number of hydrogen-bond donors (Lipinski definition) is 0. The Bertz CT molecular complexity index is 189. The van der Waals surface area contributed by atoms with Gasteiger partial charge < -0.3 is 14.4 Å². The Labute approximate surface area is 99.8 Å². The van der Waals surface area contributed by atoms with Crippen LogP contribution in [0.15, 0.2) is 0 Å². The van der Waals surface area contributed by atoms with Crippen LogP contribution in [0.25, 0.3) is 0 Å². The average molecular weight is 248 g/mol. The van der Waals surface area contributed by atoms with E-state index in [0.29, 0.717) is 6.42 Å². The van der Waals surface area contributed by atoms with Crippen molar-refractivity contribution in [1.29, 1.82) is 0 Å². The van der Waals surface area contributed by atoms with Gasteiger partial charge in [0.15, 0.2) is 0 Å². The monoisotopic (exact) mass is 248 g/mol. The molecular formula is C12H25O3P-2. The smallest absolute Gasteiger partial charge is 0.0250 e. The van der Waals surface area contributed by atoms with Crippen LogP contribution in [0, 0.1) is 0 Å². The van der Waals surface area contributed by atoms with Crippen LogP contribution in [0.4, 0.5) is 0 Å². The van der Waals surface area contributed by atoms with E-state index in [2.05, 4.69) is 6.92 Å². The number of unbranched alkanes of at least 4 members (excludes halogenated alkanes) is 9. The topological polar surface area (TPSA) is 63.2 Å². The summed E-state index contributed by atoms with van der Waals surface area (Å²) in [5, 5.41) is 0. The molecule has 0 aliphatic heterocycles. The van der Waals surface area contributed by atoms with Gasteiger partial charge in [0.25, 0.3) is 0 Å². The molecule has 0 aromatic carbocycles. The molecule has 0 aromatic heterocycles. The fourth-order valence-corrected chi connectivity index (χ4v) is 2.40. The van der Waals surface area contributed by atoms with E-state index in [-0.39, 0.29) is 6.16 Å². The van der Waals surface area contributed by atoms with Gasteiger partial charge in [-0.2, -0.15) is 0 Å². The molecular weight excluding hydrogens is 223 g/mol. The lowest BCUT2D eigenvalue weighted by atomic mass is 10.1. The molecule has 0 aliphatic rings. The van der Waals surface area contributed by atoms with Crippen LogP contribution in [-0.2, 0) is 4.57 Å². The predicted octanol–water partition coefficient (Wildman–Crippen LogP) is 2.82. The summed E-state index contributed by atoms with van der Waals surface area (Å²) in [5.74, 6) is 0. The molecule has 0 aliphatic carbocycles. The van der Waals surface area contributed by atoms with Crippen LogP contribution in [0.5, 0.6) is 0 Å². The Hall–Kier alpha value is 0.150. The molecule has 0 aromatic rings. The second kappa shape index (κ2) is 10.3. The highest BCUT2D eigenvalue weighted by molar-refractivity contribution is 7.48. The molecule has 0 spiro atoms. The SMILES string of the molecule is CCCCCCCCCCCCP(=O)([O-])[O-]. The van der Waals surface area contributed by atoms with E-state index in [4.69, 9.17) is 0 Å². The first-order chi connectivity index (χ1) is 7.56. The zero-order valence-electron chi connectivity index (χ0n) is 10.5. The largest absolute Gasteiger partial charge is 0.811 e. The summed E-state index contributed by atoms with van der Waals surface area (Å²) >= 11 is 0. The summed E-state index contributed by atoms with van der Waals surface area (Å²) in [6, 6.07) is 0. The summed E-state index contributed by atoms with van der Waals surface area (Å²) in [6.45, 7) is 2.21. The molecule has 3 nitrogen and oxygen atoms in total. The van der Waals surface area contributed by atoms with Crippen molar-refractivity contribution in [3.05, 3.63) is 0 Å². The molecule has 0 saturated carbocycles. The van der Waals surface area contributed by atoms with E-state index in [9.17, 15) is 14.4 Å². The van der Waals surface area contributed by atoms with Crippen LogP contribution in [0.2, 0.25) is 0 Å². The van der Waals surface area contributed by atoms with Crippen LogP contribution >= 0.6 is 7.60 Å². The molecule has 0 fully saturated rings. The van der Waals surface area contributed by atoms with E-state index in [1.807, 2.05) is 0 Å². The molecule has 0 rings (SSSR count). The molecule has 98 valence electrons. The van der Waals surface area contributed by atoms with E-state index in [0.717, 1.165) is 12.8 Å². The molecule has 0 radical (unpaired) electrons. The normalized spacial score (nSPS) is 11.9. The fourth-order valence-electron chi connectivity index (χ4n) is 1.79. The maximum absolute atomic E-state index is 10.3. The predicted molar refractivity (Wildman–Crippen MR) is 64.3 cm³/mol. The molecule has 0 heterocycles. The first kappa shape index (κ1) is 16.1. The third-order valence-electron chi connectivity index (χ3n) is 2.79. The van der Waals surface area contributed by atoms with Gasteiger partial charge in [-0.1, -0.05) is 72.3 Å². The molecule has 0 N–H and O–H groups in total. The lowest BCUT2D eigenvalue weighted by Gasteiger charge is -2.29. The number of hydrogen-bond acceptors (Lipinski definition) is 3. The maximum Gasteiger partial charge on any atom is -0.0250 e. The Morgan fingerprint density at radius 2 is 1.12 bits per heavy atom. The van der Waals surface area contributed by atoms with Gasteiger partial charge in [-0.25, -0.2) is 0 Å². The zero-order valence-corrected chi connectivity index (χ0v) is 11.3. The molecule has 0 amide bonds. The molecule has 0 unspecified atom stereocenters. The van der Waals surface area contributed by atoms with Crippen LogP contribution < -0.4 is 9.79 Å². The van der Waals surface area contributed by atoms with Gasteiger partial charge in [-0.05, 0) is 12.6 Å². The highest BCUT2D eigenvalue weighted by atomic mass is 31.2. The Morgan fingerprint density at radius 1 is 0.750 bits per heavy atom. The Kier molecular flexibility index (Phi) is 10.4. The van der Waals surface area contributed by atoms with Gasteiger partial charge in [-0.15, -0.1) is 0 Å². The first-order valence-corrected chi connectivity index (χ1v) is 8.30. The van der Waals surface area contributed by atoms with Crippen LogP contribution in [-0.4, -0.2) is 6.16 Å². The summed E-state index contributed by atoms with van der Waals surface area (Å²) in [5.41, 5.74) is 0. The summed E-state index contributed by atoms with van der Waals surface area (Å²) in [4.78, 5) is 20.7. The van der Waals surface area contributed by atoms with Gasteiger partial charge in [0.1, 0.15) is 0 Å². The standard InChI is InChI=1S/C12H27O3P/c1-2-3-4-5-6-7-8-9-10-11-12-16(13,14)15/h2-12H2,1H3,(H2,13,14,15)/p-2. The van der Waals surface area contributed by atoms with Gasteiger partial charge >= 0.3 is 0 Å². The van der Waals surface area contributed by atoms with Gasteiger partial charge in [0.05, 0.1) is 0 Å². The third-order valence-corrected chi connectivity index (χ3v) is 3.65. The van der Waals surface area contributed by atoms with Crippen molar-refractivity contribution in [1.82, 2.24) is 0 Å². The third kappa shape index (κ3) is 14.1. The highest BCUT2D eigenvalue weighted by Crippen LogP contribution is 2.25. The molecule has 0 bridgehead atoms. The fraction of sp³-hybridized carbons (Fsp3) is 1.00. The van der Waals surface area contributed by atoms with E-state index in [1.54, 1.807) is 0 Å². The van der Waals surface area contributed by atoms with Gasteiger partial charge in [-0.3, -0.25) is 0 Å². The minimum atomic E-state index is -4.24. The van der Waals surface area contributed by atoms with Crippen molar-refractivity contribution in [3.63, 3.8) is 0 Å². The zero-order chi connectivity index (χ0) is 12.3. The lowest BCUT2D eigenvalue weighted by molar-refractivity contribution is -0.313. The van der Waals surface area contributed by atoms with E-state index in [1.165, 1.54) is 44.9 Å². The molecule has 4 heteroatoms. The molecule has 0 atom stereocenters. The summed E-state index contributed by atoms with van der Waals surface area (Å²) in [7, 11) is -4.24. The summed E-state index contributed by atoms with van der Waals surface area (Å²) < 4.78 is 10.3. The average Bonchev–Trinajstić information content (AvgIpc) is 2.19. The highest BCUT2D eigenvalue weighted by Gasteiger charge is 1.94. The Balaban J connectivity index is 3.02. The van der Waals surface area contributed by atoms with E-state index >= 15 is 0 Å². The maximum atomic E-state index is 10.3. The van der Waals surface area contributed by atoms with Crippen LogP contribution in [0.3, 0.4) is 0 Å². The van der Waals surface area contributed by atoms with Crippen molar-refractivity contribution >= 4 is 7.60 Å². The first-order valence-electron chi connectivity index (χ1n) is 6.57.